The minimum Gasteiger partial charge on any atom is -0.394 e. The number of hydrogen-bond donors (Lipinski definition) is 2. The van der Waals surface area contributed by atoms with Gasteiger partial charge >= 0.3 is 0 Å². The van der Waals surface area contributed by atoms with Gasteiger partial charge in [0.15, 0.2) is 0 Å². The molecule has 5 nitrogen and oxygen atoms in total. The van der Waals surface area contributed by atoms with Crippen LogP contribution in [0.25, 0.3) is 20.4 Å². The van der Waals surface area contributed by atoms with E-state index in [0.717, 1.165) is 32.7 Å². The van der Waals surface area contributed by atoms with Crippen molar-refractivity contribution in [2.24, 2.45) is 0 Å². The first-order chi connectivity index (χ1) is 9.33. The number of pyridine rings is 1. The average Bonchev–Trinajstić information content (AvgIpc) is 2.84. The maximum atomic E-state index is 9.28. The van der Waals surface area contributed by atoms with E-state index in [0.29, 0.717) is 0 Å². The van der Waals surface area contributed by atoms with E-state index in [-0.39, 0.29) is 12.6 Å². The fourth-order valence-corrected chi connectivity index (χ4v) is 3.03. The summed E-state index contributed by atoms with van der Waals surface area (Å²) in [4.78, 5) is 13.9. The summed E-state index contributed by atoms with van der Waals surface area (Å²) in [5.74, 6) is 0.772. The molecule has 0 aromatic carbocycles. The number of nitrogens with one attached hydrogen (secondary N) is 1. The van der Waals surface area contributed by atoms with E-state index in [1.807, 2.05) is 19.1 Å². The van der Waals surface area contributed by atoms with Crippen LogP contribution in [0.15, 0.2) is 24.7 Å². The van der Waals surface area contributed by atoms with E-state index in [9.17, 15) is 5.11 Å². The predicted molar refractivity (Wildman–Crippen MR) is 77.5 cm³/mol. The minimum atomic E-state index is 0.0104. The Hall–Kier alpha value is -1.79. The summed E-state index contributed by atoms with van der Waals surface area (Å²) in [6.07, 6.45) is 4.17. The van der Waals surface area contributed by atoms with E-state index >= 15 is 0 Å². The topological polar surface area (TPSA) is 70.9 Å². The van der Waals surface area contributed by atoms with Crippen molar-refractivity contribution in [3.8, 4) is 0 Å². The highest BCUT2D eigenvalue weighted by molar-refractivity contribution is 7.25. The van der Waals surface area contributed by atoms with Crippen LogP contribution in [-0.2, 0) is 0 Å². The molecule has 3 aromatic rings. The van der Waals surface area contributed by atoms with Gasteiger partial charge in [-0.1, -0.05) is 6.92 Å². The molecule has 0 fully saturated rings. The van der Waals surface area contributed by atoms with Crippen LogP contribution in [0.2, 0.25) is 0 Å². The average molecular weight is 274 g/mol. The Morgan fingerprint density at radius 1 is 1.37 bits per heavy atom. The number of hydrogen-bond acceptors (Lipinski definition) is 6. The van der Waals surface area contributed by atoms with Crippen LogP contribution >= 0.6 is 11.3 Å². The number of aromatic nitrogens is 3. The van der Waals surface area contributed by atoms with E-state index in [2.05, 4.69) is 20.3 Å². The Kier molecular flexibility index (Phi) is 3.27. The van der Waals surface area contributed by atoms with Gasteiger partial charge in [0.05, 0.1) is 22.9 Å². The summed E-state index contributed by atoms with van der Waals surface area (Å²) in [6, 6.07) is 3.93. The van der Waals surface area contributed by atoms with Gasteiger partial charge in [0, 0.05) is 11.6 Å². The molecule has 0 saturated carbocycles. The van der Waals surface area contributed by atoms with E-state index < -0.39 is 0 Å². The van der Waals surface area contributed by atoms with Gasteiger partial charge in [-0.25, -0.2) is 15.0 Å². The Labute approximate surface area is 114 Å². The lowest BCUT2D eigenvalue weighted by atomic mass is 10.2. The summed E-state index contributed by atoms with van der Waals surface area (Å²) in [7, 11) is 0. The predicted octanol–water partition coefficient (Wildman–Crippen LogP) is 2.42. The van der Waals surface area contributed by atoms with Crippen molar-refractivity contribution in [3.63, 3.8) is 0 Å². The molecule has 2 N–H and O–H groups in total. The molecule has 0 aliphatic carbocycles. The highest BCUT2D eigenvalue weighted by Crippen LogP contribution is 2.34. The Bertz CT molecular complexity index is 708. The second kappa shape index (κ2) is 5.07. The molecule has 0 spiro atoms. The van der Waals surface area contributed by atoms with Gasteiger partial charge in [0.25, 0.3) is 0 Å². The van der Waals surface area contributed by atoms with E-state index in [1.165, 1.54) is 0 Å². The molecule has 98 valence electrons. The second-order valence-corrected chi connectivity index (χ2v) is 5.29. The van der Waals surface area contributed by atoms with Gasteiger partial charge in [-0.3, -0.25) is 0 Å². The zero-order valence-electron chi connectivity index (χ0n) is 10.5. The number of aliphatic hydroxyl groups is 1. The third kappa shape index (κ3) is 2.13. The maximum Gasteiger partial charge on any atom is 0.147 e. The quantitative estimate of drug-likeness (QED) is 0.764. The molecule has 0 aliphatic heterocycles. The van der Waals surface area contributed by atoms with Crippen LogP contribution < -0.4 is 5.32 Å². The Balaban J connectivity index is 2.15. The normalized spacial score (nSPS) is 12.9. The molecule has 3 aromatic heterocycles. The Morgan fingerprint density at radius 2 is 2.26 bits per heavy atom. The highest BCUT2D eigenvalue weighted by Gasteiger charge is 2.13. The van der Waals surface area contributed by atoms with Crippen LogP contribution in [0.1, 0.15) is 13.3 Å². The van der Waals surface area contributed by atoms with Gasteiger partial charge in [-0.2, -0.15) is 0 Å². The number of thiophene rings is 1. The van der Waals surface area contributed by atoms with Gasteiger partial charge in [0.2, 0.25) is 0 Å². The Morgan fingerprint density at radius 3 is 3.05 bits per heavy atom. The van der Waals surface area contributed by atoms with Crippen molar-refractivity contribution in [1.29, 1.82) is 0 Å². The third-order valence-electron chi connectivity index (χ3n) is 3.08. The first kappa shape index (κ1) is 12.3. The number of rotatable bonds is 4. The van der Waals surface area contributed by atoms with Crippen molar-refractivity contribution in [3.05, 3.63) is 24.7 Å². The van der Waals surface area contributed by atoms with Gasteiger partial charge in [0.1, 0.15) is 17.0 Å². The standard InChI is InChI=1S/C13H14N4OS/c1-2-8(6-18)17-12-11-10(15-7-16-12)9-4-3-5-14-13(9)19-11/h3-5,7-8,18H,2,6H2,1H3,(H,15,16,17). The molecule has 0 radical (unpaired) electrons. The number of nitrogens with zero attached hydrogens (tertiary/aromatic N) is 3. The monoisotopic (exact) mass is 274 g/mol. The lowest BCUT2D eigenvalue weighted by Gasteiger charge is -2.14. The van der Waals surface area contributed by atoms with Gasteiger partial charge in [-0.15, -0.1) is 11.3 Å². The lowest BCUT2D eigenvalue weighted by Crippen LogP contribution is -2.23. The molecule has 19 heavy (non-hydrogen) atoms. The molecule has 3 heterocycles. The largest absolute Gasteiger partial charge is 0.394 e. The van der Waals surface area contributed by atoms with Crippen LogP contribution in [-0.4, -0.2) is 32.7 Å². The van der Waals surface area contributed by atoms with E-state index in [1.54, 1.807) is 23.9 Å². The lowest BCUT2D eigenvalue weighted by molar-refractivity contribution is 0.271. The summed E-state index contributed by atoms with van der Waals surface area (Å²) in [6.45, 7) is 2.11. The minimum absolute atomic E-state index is 0.0104. The summed E-state index contributed by atoms with van der Waals surface area (Å²) < 4.78 is 0.989. The fraction of sp³-hybridized carbons (Fsp3) is 0.308. The van der Waals surface area contributed by atoms with Gasteiger partial charge in [-0.05, 0) is 18.6 Å². The molecule has 0 saturated heterocycles. The van der Waals surface area contributed by atoms with E-state index in [4.69, 9.17) is 0 Å². The molecule has 0 aliphatic rings. The summed E-state index contributed by atoms with van der Waals surface area (Å²) >= 11 is 1.57. The highest BCUT2D eigenvalue weighted by atomic mass is 32.1. The van der Waals surface area contributed by atoms with Crippen molar-refractivity contribution in [2.45, 2.75) is 19.4 Å². The molecular weight excluding hydrogens is 260 g/mol. The zero-order chi connectivity index (χ0) is 13.2. The molecule has 3 rings (SSSR count). The van der Waals surface area contributed by atoms with Crippen molar-refractivity contribution in [1.82, 2.24) is 15.0 Å². The first-order valence-electron chi connectivity index (χ1n) is 6.19. The van der Waals surface area contributed by atoms with Crippen molar-refractivity contribution in [2.75, 3.05) is 11.9 Å². The molecular formula is C13H14N4OS. The number of aliphatic hydroxyl groups excluding tert-OH is 1. The molecule has 1 atom stereocenters. The van der Waals surface area contributed by atoms with Crippen molar-refractivity contribution < 1.29 is 5.11 Å². The van der Waals surface area contributed by atoms with Crippen LogP contribution in [0.4, 0.5) is 5.82 Å². The van der Waals surface area contributed by atoms with Crippen molar-refractivity contribution >= 4 is 37.6 Å². The molecule has 0 bridgehead atoms. The zero-order valence-corrected chi connectivity index (χ0v) is 11.3. The fourth-order valence-electron chi connectivity index (χ4n) is 1.98. The van der Waals surface area contributed by atoms with Gasteiger partial charge < -0.3 is 10.4 Å². The molecule has 6 heteroatoms. The number of anilines is 1. The number of fused-ring (bicyclic) bond motifs is 3. The maximum absolute atomic E-state index is 9.28. The second-order valence-electron chi connectivity index (χ2n) is 4.29. The molecule has 1 unspecified atom stereocenters. The van der Waals surface area contributed by atoms with Crippen LogP contribution in [0, 0.1) is 0 Å². The molecule has 0 amide bonds. The SMILES string of the molecule is CCC(CO)Nc1ncnc2c1sc1ncccc12. The smallest absolute Gasteiger partial charge is 0.147 e. The van der Waals surface area contributed by atoms with Crippen LogP contribution in [0.5, 0.6) is 0 Å². The summed E-state index contributed by atoms with van der Waals surface area (Å²) in [5.41, 5.74) is 0.915. The van der Waals surface area contributed by atoms with Crippen LogP contribution in [0.3, 0.4) is 0 Å². The summed E-state index contributed by atoms with van der Waals surface area (Å²) in [5, 5.41) is 13.6. The third-order valence-corrected chi connectivity index (χ3v) is 4.19. The first-order valence-corrected chi connectivity index (χ1v) is 7.00.